The number of ether oxygens (including phenoxy) is 1. The number of carbonyl (C=O) groups is 1. The second kappa shape index (κ2) is 7.07. The molecule has 0 spiro atoms. The van der Waals surface area contributed by atoms with Crippen LogP contribution in [0.3, 0.4) is 0 Å². The minimum Gasteiger partial charge on any atom is -0.465 e. The summed E-state index contributed by atoms with van der Waals surface area (Å²) in [5, 5.41) is 8.15. The molecule has 0 saturated carbocycles. The number of methoxy groups -OCH3 is 1. The van der Waals surface area contributed by atoms with E-state index in [1.807, 2.05) is 0 Å². The number of hydrogen-bond donors (Lipinski definition) is 0. The summed E-state index contributed by atoms with van der Waals surface area (Å²) in [4.78, 5) is 16.0. The Morgan fingerprint density at radius 2 is 1.86 bits per heavy atom. The van der Waals surface area contributed by atoms with E-state index in [0.717, 1.165) is 5.69 Å². The predicted octanol–water partition coefficient (Wildman–Crippen LogP) is 3.35. The van der Waals surface area contributed by atoms with Gasteiger partial charge < -0.3 is 9.30 Å². The highest BCUT2D eigenvalue weighted by Gasteiger charge is 2.18. The summed E-state index contributed by atoms with van der Waals surface area (Å²) >= 11 is 0. The molecule has 2 aromatic heterocycles. The fourth-order valence-corrected chi connectivity index (χ4v) is 2.92. The lowest BCUT2D eigenvalue weighted by atomic mass is 10.2. The molecule has 0 bridgehead atoms. The van der Waals surface area contributed by atoms with Crippen LogP contribution in [0.1, 0.15) is 16.1 Å². The van der Waals surface area contributed by atoms with Crippen molar-refractivity contribution in [2.75, 3.05) is 7.11 Å². The third-order valence-corrected chi connectivity index (χ3v) is 4.33. The topological polar surface area (TPSA) is 74.8 Å². The van der Waals surface area contributed by atoms with Crippen molar-refractivity contribution in [3.05, 3.63) is 78.1 Å². The highest BCUT2D eigenvalue weighted by molar-refractivity contribution is 5.89. The normalized spacial score (nSPS) is 10.8. The number of rotatable bonds is 4. The molecule has 28 heavy (non-hydrogen) atoms. The average Bonchev–Trinajstić information content (AvgIpc) is 3.34. The van der Waals surface area contributed by atoms with E-state index in [9.17, 15) is 9.18 Å². The standard InChI is InChI=1S/C20H16FN5O2/c1-13-19(26(24-23-13)18-6-4-3-5-16(18)21)17-11-25(12-22-17)15-9-7-14(8-10-15)20(27)28-2/h3-12H,1-2H3. The first-order valence-corrected chi connectivity index (χ1v) is 8.49. The number of imidazole rings is 1. The lowest BCUT2D eigenvalue weighted by molar-refractivity contribution is 0.0600. The monoisotopic (exact) mass is 377 g/mol. The lowest BCUT2D eigenvalue weighted by Gasteiger charge is -2.06. The maximum atomic E-state index is 14.2. The number of benzene rings is 2. The van der Waals surface area contributed by atoms with Gasteiger partial charge in [0.2, 0.25) is 0 Å². The third kappa shape index (κ3) is 3.05. The fourth-order valence-electron chi connectivity index (χ4n) is 2.92. The van der Waals surface area contributed by atoms with Crippen molar-refractivity contribution in [1.29, 1.82) is 0 Å². The molecular formula is C20H16FN5O2. The largest absolute Gasteiger partial charge is 0.465 e. The number of nitrogens with zero attached hydrogens (tertiary/aromatic N) is 5. The molecule has 2 aromatic carbocycles. The maximum Gasteiger partial charge on any atom is 0.337 e. The molecule has 0 radical (unpaired) electrons. The number of para-hydroxylation sites is 1. The van der Waals surface area contributed by atoms with E-state index in [4.69, 9.17) is 4.74 Å². The first-order valence-electron chi connectivity index (χ1n) is 8.49. The van der Waals surface area contributed by atoms with Crippen LogP contribution in [0, 0.1) is 12.7 Å². The SMILES string of the molecule is COC(=O)c1ccc(-n2cnc(-c3c(C)nnn3-c3ccccc3F)c2)cc1. The van der Waals surface area contributed by atoms with Crippen LogP contribution in [0.15, 0.2) is 61.1 Å². The Balaban J connectivity index is 1.72. The quantitative estimate of drug-likeness (QED) is 0.510. The summed E-state index contributed by atoms with van der Waals surface area (Å²) in [6.07, 6.45) is 3.44. The van der Waals surface area contributed by atoms with Gasteiger partial charge in [0.15, 0.2) is 0 Å². The Labute approximate surface area is 160 Å². The van der Waals surface area contributed by atoms with Crippen LogP contribution in [-0.2, 0) is 4.74 Å². The van der Waals surface area contributed by atoms with Gasteiger partial charge in [-0.2, -0.15) is 0 Å². The van der Waals surface area contributed by atoms with E-state index in [0.29, 0.717) is 28.3 Å². The van der Waals surface area contributed by atoms with Crippen LogP contribution in [0.25, 0.3) is 22.8 Å². The van der Waals surface area contributed by atoms with Gasteiger partial charge in [-0.05, 0) is 43.3 Å². The van der Waals surface area contributed by atoms with Gasteiger partial charge in [-0.15, -0.1) is 5.10 Å². The first kappa shape index (κ1) is 17.6. The van der Waals surface area contributed by atoms with Gasteiger partial charge >= 0.3 is 5.97 Å². The molecule has 4 aromatic rings. The Morgan fingerprint density at radius 3 is 2.57 bits per heavy atom. The number of hydrogen-bond acceptors (Lipinski definition) is 5. The molecule has 0 saturated heterocycles. The molecule has 0 aliphatic carbocycles. The molecule has 0 atom stereocenters. The molecule has 0 fully saturated rings. The third-order valence-electron chi connectivity index (χ3n) is 4.33. The number of aromatic nitrogens is 5. The van der Waals surface area contributed by atoms with Crippen molar-refractivity contribution < 1.29 is 13.9 Å². The van der Waals surface area contributed by atoms with Crippen molar-refractivity contribution >= 4 is 5.97 Å². The van der Waals surface area contributed by atoms with Gasteiger partial charge in [0.1, 0.15) is 22.9 Å². The van der Waals surface area contributed by atoms with Crippen molar-refractivity contribution in [3.8, 4) is 22.8 Å². The number of esters is 1. The van der Waals surface area contributed by atoms with Gasteiger partial charge in [-0.3, -0.25) is 0 Å². The molecular weight excluding hydrogens is 361 g/mol. The van der Waals surface area contributed by atoms with E-state index >= 15 is 0 Å². The minimum absolute atomic E-state index is 0.301. The summed E-state index contributed by atoms with van der Waals surface area (Å²) < 4.78 is 22.2. The molecule has 8 heteroatoms. The summed E-state index contributed by atoms with van der Waals surface area (Å²) in [5.41, 5.74) is 3.42. The van der Waals surface area contributed by atoms with Crippen LogP contribution >= 0.6 is 0 Å². The Hall–Kier alpha value is -3.81. The molecule has 140 valence electrons. The molecule has 0 aliphatic heterocycles. The van der Waals surface area contributed by atoms with Crippen molar-refractivity contribution in [2.24, 2.45) is 0 Å². The zero-order valence-corrected chi connectivity index (χ0v) is 15.2. The minimum atomic E-state index is -0.397. The Bertz CT molecular complexity index is 1150. The van der Waals surface area contributed by atoms with Gasteiger partial charge in [0.05, 0.1) is 24.7 Å². The lowest BCUT2D eigenvalue weighted by Crippen LogP contribution is -2.02. The average molecular weight is 377 g/mol. The van der Waals surface area contributed by atoms with Crippen LogP contribution in [0.4, 0.5) is 4.39 Å². The number of carbonyl (C=O) groups excluding carboxylic acids is 1. The number of aryl methyl sites for hydroxylation is 1. The van der Waals surface area contributed by atoms with Crippen LogP contribution < -0.4 is 0 Å². The molecule has 0 amide bonds. The van der Waals surface area contributed by atoms with E-state index < -0.39 is 11.8 Å². The second-order valence-electron chi connectivity index (χ2n) is 6.09. The summed E-state index contributed by atoms with van der Waals surface area (Å²) in [6, 6.07) is 13.3. The smallest absolute Gasteiger partial charge is 0.337 e. The van der Waals surface area contributed by atoms with E-state index in [2.05, 4.69) is 15.3 Å². The summed E-state index contributed by atoms with van der Waals surface area (Å²) in [7, 11) is 1.34. The van der Waals surface area contributed by atoms with Crippen molar-refractivity contribution in [2.45, 2.75) is 6.92 Å². The molecule has 0 N–H and O–H groups in total. The Kier molecular flexibility index (Phi) is 4.44. The van der Waals surface area contributed by atoms with Gasteiger partial charge in [-0.1, -0.05) is 17.3 Å². The highest BCUT2D eigenvalue weighted by atomic mass is 19.1. The first-order chi connectivity index (χ1) is 13.6. The van der Waals surface area contributed by atoms with Gasteiger partial charge in [-0.25, -0.2) is 18.9 Å². The molecule has 2 heterocycles. The van der Waals surface area contributed by atoms with E-state index in [1.54, 1.807) is 66.5 Å². The fraction of sp³-hybridized carbons (Fsp3) is 0.100. The second-order valence-corrected chi connectivity index (χ2v) is 6.09. The molecule has 0 unspecified atom stereocenters. The molecule has 7 nitrogen and oxygen atoms in total. The van der Waals surface area contributed by atoms with E-state index in [-0.39, 0.29) is 0 Å². The zero-order chi connectivity index (χ0) is 19.7. The summed E-state index contributed by atoms with van der Waals surface area (Å²) in [6.45, 7) is 1.80. The summed E-state index contributed by atoms with van der Waals surface area (Å²) in [5.74, 6) is -0.792. The van der Waals surface area contributed by atoms with Crippen molar-refractivity contribution in [3.63, 3.8) is 0 Å². The molecule has 4 rings (SSSR count). The van der Waals surface area contributed by atoms with Crippen molar-refractivity contribution in [1.82, 2.24) is 24.5 Å². The van der Waals surface area contributed by atoms with Crippen LogP contribution in [0.5, 0.6) is 0 Å². The van der Waals surface area contributed by atoms with Crippen LogP contribution in [0.2, 0.25) is 0 Å². The van der Waals surface area contributed by atoms with Crippen LogP contribution in [-0.4, -0.2) is 37.6 Å². The molecule has 0 aliphatic rings. The van der Waals surface area contributed by atoms with Gasteiger partial charge in [0, 0.05) is 11.9 Å². The highest BCUT2D eigenvalue weighted by Crippen LogP contribution is 2.25. The maximum absolute atomic E-state index is 14.2. The number of halogens is 1. The zero-order valence-electron chi connectivity index (χ0n) is 15.2. The Morgan fingerprint density at radius 1 is 1.11 bits per heavy atom. The van der Waals surface area contributed by atoms with Gasteiger partial charge in [0.25, 0.3) is 0 Å². The van der Waals surface area contributed by atoms with E-state index in [1.165, 1.54) is 17.9 Å². The predicted molar refractivity (Wildman–Crippen MR) is 100.0 cm³/mol.